The zero-order valence-corrected chi connectivity index (χ0v) is 7.92. The van der Waals surface area contributed by atoms with Crippen molar-refractivity contribution in [2.24, 2.45) is 0 Å². The van der Waals surface area contributed by atoms with Crippen molar-refractivity contribution in [3.05, 3.63) is 33.9 Å². The van der Waals surface area contributed by atoms with E-state index in [1.807, 2.05) is 18.2 Å². The van der Waals surface area contributed by atoms with Gasteiger partial charge in [0.05, 0.1) is 22.8 Å². The minimum atomic E-state index is 0.309. The van der Waals surface area contributed by atoms with E-state index in [0.717, 1.165) is 0 Å². The van der Waals surface area contributed by atoms with Crippen molar-refractivity contribution < 1.29 is 0 Å². The molecule has 0 aliphatic carbocycles. The maximum Gasteiger partial charge on any atom is 0.101 e. The van der Waals surface area contributed by atoms with Gasteiger partial charge in [0, 0.05) is 0 Å². The third kappa shape index (κ3) is 1.30. The van der Waals surface area contributed by atoms with Crippen LogP contribution >= 0.6 is 0 Å². The Morgan fingerprint density at radius 1 is 0.929 bits per heavy atom. The highest BCUT2D eigenvalue weighted by Gasteiger charge is 2.12. The molecule has 0 amide bonds. The molecule has 3 heteroatoms. The van der Waals surface area contributed by atoms with Crippen molar-refractivity contribution in [2.45, 2.75) is 13.8 Å². The van der Waals surface area contributed by atoms with Gasteiger partial charge in [0.1, 0.15) is 12.1 Å². The van der Waals surface area contributed by atoms with Crippen molar-refractivity contribution in [1.82, 2.24) is 0 Å². The summed E-state index contributed by atoms with van der Waals surface area (Å²) in [7, 11) is 0. The average Bonchev–Trinajstić information content (AvgIpc) is 2.20. The van der Waals surface area contributed by atoms with Gasteiger partial charge in [-0.2, -0.15) is 15.8 Å². The molecule has 1 rings (SSSR count). The summed E-state index contributed by atoms with van der Waals surface area (Å²) in [5.74, 6) is 0. The first-order valence-corrected chi connectivity index (χ1v) is 4.00. The molecule has 1 aromatic rings. The second kappa shape index (κ2) is 3.60. The smallest absolute Gasteiger partial charge is 0.101 e. The van der Waals surface area contributed by atoms with Crippen molar-refractivity contribution in [3.8, 4) is 18.2 Å². The molecule has 3 nitrogen and oxygen atoms in total. The first kappa shape index (κ1) is 9.78. The summed E-state index contributed by atoms with van der Waals surface area (Å²) in [6.45, 7) is 3.40. The van der Waals surface area contributed by atoms with Gasteiger partial charge in [-0.1, -0.05) is 0 Å². The van der Waals surface area contributed by atoms with Crippen LogP contribution in [0.3, 0.4) is 0 Å². The van der Waals surface area contributed by atoms with Crippen molar-refractivity contribution >= 4 is 0 Å². The highest BCUT2D eigenvalue weighted by Crippen LogP contribution is 2.20. The first-order chi connectivity index (χ1) is 6.65. The Bertz CT molecular complexity index is 507. The van der Waals surface area contributed by atoms with E-state index in [1.165, 1.54) is 0 Å². The second-order valence-electron chi connectivity index (χ2n) is 2.95. The minimum absolute atomic E-state index is 0.309. The Morgan fingerprint density at radius 2 is 1.50 bits per heavy atom. The van der Waals surface area contributed by atoms with E-state index >= 15 is 0 Å². The molecular weight excluding hydrogens is 174 g/mol. The molecule has 0 radical (unpaired) electrons. The lowest BCUT2D eigenvalue weighted by molar-refractivity contribution is 1.28. The van der Waals surface area contributed by atoms with E-state index in [-0.39, 0.29) is 0 Å². The summed E-state index contributed by atoms with van der Waals surface area (Å²) >= 11 is 0. The van der Waals surface area contributed by atoms with Crippen LogP contribution in [0, 0.1) is 47.8 Å². The maximum absolute atomic E-state index is 8.86. The predicted molar refractivity (Wildman–Crippen MR) is 50.1 cm³/mol. The standard InChI is InChI=1S/C11H7N3/c1-7-3-9(4-12)8(2)11(6-14)10(7)5-13/h3H,1-2H3. The first-order valence-electron chi connectivity index (χ1n) is 4.00. The van der Waals surface area contributed by atoms with Gasteiger partial charge in [-0.05, 0) is 31.0 Å². The van der Waals surface area contributed by atoms with E-state index in [2.05, 4.69) is 0 Å². The number of aryl methyl sites for hydroxylation is 1. The fraction of sp³-hybridized carbons (Fsp3) is 0.182. The fourth-order valence-corrected chi connectivity index (χ4v) is 1.32. The van der Waals surface area contributed by atoms with E-state index in [1.54, 1.807) is 19.9 Å². The zero-order chi connectivity index (χ0) is 10.7. The molecule has 0 heterocycles. The van der Waals surface area contributed by atoms with Crippen LogP contribution in [0.2, 0.25) is 0 Å². The van der Waals surface area contributed by atoms with Crippen LogP contribution in [0.15, 0.2) is 6.07 Å². The minimum Gasteiger partial charge on any atom is -0.192 e. The summed E-state index contributed by atoms with van der Waals surface area (Å²) in [5.41, 5.74) is 2.38. The Morgan fingerprint density at radius 3 is 1.93 bits per heavy atom. The van der Waals surface area contributed by atoms with Gasteiger partial charge in [0.25, 0.3) is 0 Å². The van der Waals surface area contributed by atoms with Gasteiger partial charge in [0.15, 0.2) is 0 Å². The van der Waals surface area contributed by atoms with Crippen LogP contribution < -0.4 is 0 Å². The molecule has 0 spiro atoms. The number of hydrogen-bond acceptors (Lipinski definition) is 3. The summed E-state index contributed by atoms with van der Waals surface area (Å²) < 4.78 is 0. The summed E-state index contributed by atoms with van der Waals surface area (Å²) in [4.78, 5) is 0. The predicted octanol–water partition coefficient (Wildman–Crippen LogP) is 1.92. The molecule has 0 unspecified atom stereocenters. The fourth-order valence-electron chi connectivity index (χ4n) is 1.32. The lowest BCUT2D eigenvalue weighted by atomic mass is 9.95. The molecule has 0 bridgehead atoms. The van der Waals surface area contributed by atoms with Crippen LogP contribution in [0.5, 0.6) is 0 Å². The largest absolute Gasteiger partial charge is 0.192 e. The topological polar surface area (TPSA) is 71.4 Å². The maximum atomic E-state index is 8.86. The monoisotopic (exact) mass is 181 g/mol. The van der Waals surface area contributed by atoms with Crippen LogP contribution in [0.25, 0.3) is 0 Å². The van der Waals surface area contributed by atoms with Crippen molar-refractivity contribution in [3.63, 3.8) is 0 Å². The molecule has 14 heavy (non-hydrogen) atoms. The van der Waals surface area contributed by atoms with Gasteiger partial charge in [-0.25, -0.2) is 0 Å². The van der Waals surface area contributed by atoms with Gasteiger partial charge in [-0.15, -0.1) is 0 Å². The highest BCUT2D eigenvalue weighted by molar-refractivity contribution is 5.59. The summed E-state index contributed by atoms with van der Waals surface area (Å²) in [6, 6.07) is 7.57. The summed E-state index contributed by atoms with van der Waals surface area (Å²) in [5, 5.41) is 26.5. The summed E-state index contributed by atoms with van der Waals surface area (Å²) in [6.07, 6.45) is 0. The Hall–Kier alpha value is -2.31. The Balaban J connectivity index is 3.72. The number of hydrogen-bond donors (Lipinski definition) is 0. The van der Waals surface area contributed by atoms with Gasteiger partial charge < -0.3 is 0 Å². The van der Waals surface area contributed by atoms with Gasteiger partial charge >= 0.3 is 0 Å². The molecule has 0 saturated carbocycles. The zero-order valence-electron chi connectivity index (χ0n) is 7.92. The molecule has 66 valence electrons. The number of rotatable bonds is 0. The SMILES string of the molecule is Cc1cc(C#N)c(C)c(C#N)c1C#N. The number of nitrogens with zero attached hydrogens (tertiary/aromatic N) is 3. The van der Waals surface area contributed by atoms with E-state index in [0.29, 0.717) is 27.8 Å². The van der Waals surface area contributed by atoms with Crippen molar-refractivity contribution in [1.29, 1.82) is 15.8 Å². The lowest BCUT2D eigenvalue weighted by Gasteiger charge is -2.05. The van der Waals surface area contributed by atoms with Crippen LogP contribution in [0.4, 0.5) is 0 Å². The molecule has 0 aliphatic heterocycles. The van der Waals surface area contributed by atoms with Crippen LogP contribution in [-0.4, -0.2) is 0 Å². The molecular formula is C11H7N3. The van der Waals surface area contributed by atoms with E-state index in [9.17, 15) is 0 Å². The Labute approximate surface area is 82.4 Å². The quantitative estimate of drug-likeness (QED) is 0.613. The molecule has 0 N–H and O–H groups in total. The lowest BCUT2D eigenvalue weighted by Crippen LogP contribution is -1.96. The average molecular weight is 181 g/mol. The normalized spacial score (nSPS) is 8.50. The van der Waals surface area contributed by atoms with Crippen LogP contribution in [0.1, 0.15) is 27.8 Å². The molecule has 0 aliphatic rings. The third-order valence-corrected chi connectivity index (χ3v) is 2.13. The second-order valence-corrected chi connectivity index (χ2v) is 2.95. The number of benzene rings is 1. The molecule has 0 fully saturated rings. The molecule has 0 atom stereocenters. The highest BCUT2D eigenvalue weighted by atomic mass is 14.3. The number of nitriles is 3. The molecule has 1 aromatic carbocycles. The Kier molecular flexibility index (Phi) is 2.52. The van der Waals surface area contributed by atoms with E-state index < -0.39 is 0 Å². The van der Waals surface area contributed by atoms with E-state index in [4.69, 9.17) is 15.8 Å². The molecule has 0 aromatic heterocycles. The molecule has 0 saturated heterocycles. The van der Waals surface area contributed by atoms with Crippen molar-refractivity contribution in [2.75, 3.05) is 0 Å². The van der Waals surface area contributed by atoms with Gasteiger partial charge in [0.2, 0.25) is 0 Å². The van der Waals surface area contributed by atoms with Crippen LogP contribution in [-0.2, 0) is 0 Å². The van der Waals surface area contributed by atoms with Gasteiger partial charge in [-0.3, -0.25) is 0 Å². The third-order valence-electron chi connectivity index (χ3n) is 2.13.